The Balaban J connectivity index is 2.72. The maximum atomic E-state index is 11.9. The molecule has 1 atom stereocenters. The minimum atomic E-state index is -3.83. The molecule has 0 aliphatic heterocycles. The first-order valence-electron chi connectivity index (χ1n) is 6.01. The maximum Gasteiger partial charge on any atom is 0.265 e. The van der Waals surface area contributed by atoms with Crippen LogP contribution in [0.1, 0.15) is 33.1 Å². The Labute approximate surface area is 122 Å². The van der Waals surface area contributed by atoms with Gasteiger partial charge in [-0.25, -0.2) is 13.1 Å². The molecule has 1 amide bonds. The van der Waals surface area contributed by atoms with Gasteiger partial charge in [-0.2, -0.15) is 0 Å². The Morgan fingerprint density at radius 1 is 1.47 bits per heavy atom. The van der Waals surface area contributed by atoms with Crippen LogP contribution in [-0.4, -0.2) is 19.3 Å². The van der Waals surface area contributed by atoms with Gasteiger partial charge in [-0.15, -0.1) is 0 Å². The highest BCUT2D eigenvalue weighted by atomic mass is 79.9. The lowest BCUT2D eigenvalue weighted by Crippen LogP contribution is -2.31. The third-order valence-electron chi connectivity index (χ3n) is 2.55. The van der Waals surface area contributed by atoms with Crippen LogP contribution in [0.5, 0.6) is 0 Å². The van der Waals surface area contributed by atoms with E-state index in [2.05, 4.69) is 25.6 Å². The Bertz CT molecular complexity index is 546. The number of carbonyl (C=O) groups is 1. The first kappa shape index (κ1) is 16.1. The summed E-state index contributed by atoms with van der Waals surface area (Å²) >= 11 is 3.14. The van der Waals surface area contributed by atoms with Crippen molar-refractivity contribution >= 4 is 31.9 Å². The van der Waals surface area contributed by atoms with Crippen LogP contribution >= 0.6 is 15.9 Å². The van der Waals surface area contributed by atoms with E-state index in [9.17, 15) is 13.2 Å². The Kier molecular flexibility index (Phi) is 5.93. The summed E-state index contributed by atoms with van der Waals surface area (Å²) in [6.45, 7) is 3.95. The van der Waals surface area contributed by atoms with Gasteiger partial charge in [-0.05, 0) is 27.9 Å². The first-order chi connectivity index (χ1) is 8.85. The second-order valence-electron chi connectivity index (χ2n) is 4.47. The number of pyridine rings is 1. The van der Waals surface area contributed by atoms with Crippen molar-refractivity contribution in [1.29, 1.82) is 0 Å². The minimum absolute atomic E-state index is 0.0293. The molecule has 1 rings (SSSR count). The number of halogens is 1. The van der Waals surface area contributed by atoms with Crippen LogP contribution in [-0.2, 0) is 14.8 Å². The molecule has 0 fully saturated rings. The van der Waals surface area contributed by atoms with Crippen LogP contribution in [0.25, 0.3) is 0 Å². The fourth-order valence-electron chi connectivity index (χ4n) is 1.70. The highest BCUT2D eigenvalue weighted by Crippen LogP contribution is 2.15. The standard InChI is InChI=1S/C12H17BrN2O3S/c1-3-4-9(2)5-12(16)15-19(17,18)11-6-10(13)7-14-8-11/h6-9H,3-5H2,1-2H3,(H,15,16)/t9-/m1/s1. The van der Waals surface area contributed by atoms with E-state index in [1.807, 2.05) is 13.8 Å². The molecule has 0 saturated heterocycles. The fourth-order valence-corrected chi connectivity index (χ4v) is 3.20. The van der Waals surface area contributed by atoms with Gasteiger partial charge in [0.25, 0.3) is 10.0 Å². The number of nitrogens with zero attached hydrogens (tertiary/aromatic N) is 1. The smallest absolute Gasteiger partial charge is 0.265 e. The lowest BCUT2D eigenvalue weighted by molar-refractivity contribution is -0.120. The SMILES string of the molecule is CCC[C@@H](C)CC(=O)NS(=O)(=O)c1cncc(Br)c1. The molecule has 1 N–H and O–H groups in total. The fraction of sp³-hybridized carbons (Fsp3) is 0.500. The molecule has 5 nitrogen and oxygen atoms in total. The van der Waals surface area contributed by atoms with E-state index >= 15 is 0 Å². The molecule has 0 aromatic carbocycles. The van der Waals surface area contributed by atoms with Crippen molar-refractivity contribution in [1.82, 2.24) is 9.71 Å². The molecule has 0 spiro atoms. The third-order valence-corrected chi connectivity index (χ3v) is 4.33. The predicted molar refractivity (Wildman–Crippen MR) is 76.0 cm³/mol. The van der Waals surface area contributed by atoms with Gasteiger partial charge < -0.3 is 0 Å². The molecule has 1 aromatic rings. The number of sulfonamides is 1. The summed E-state index contributed by atoms with van der Waals surface area (Å²) in [5.41, 5.74) is 0. The lowest BCUT2D eigenvalue weighted by atomic mass is 10.0. The molecule has 0 saturated carbocycles. The van der Waals surface area contributed by atoms with Gasteiger partial charge in [-0.3, -0.25) is 9.78 Å². The Hall–Kier alpha value is -0.950. The van der Waals surface area contributed by atoms with Crippen molar-refractivity contribution < 1.29 is 13.2 Å². The molecule has 0 bridgehead atoms. The van der Waals surface area contributed by atoms with E-state index in [0.29, 0.717) is 4.47 Å². The molecule has 0 radical (unpaired) electrons. The van der Waals surface area contributed by atoms with Gasteiger partial charge in [0.15, 0.2) is 0 Å². The molecule has 19 heavy (non-hydrogen) atoms. The molecule has 0 aliphatic carbocycles. The van der Waals surface area contributed by atoms with Gasteiger partial charge in [0.05, 0.1) is 0 Å². The van der Waals surface area contributed by atoms with Crippen LogP contribution in [0.2, 0.25) is 0 Å². The number of rotatable bonds is 6. The second kappa shape index (κ2) is 7.00. The highest BCUT2D eigenvalue weighted by molar-refractivity contribution is 9.10. The zero-order valence-corrected chi connectivity index (χ0v) is 13.3. The lowest BCUT2D eigenvalue weighted by Gasteiger charge is -2.10. The van der Waals surface area contributed by atoms with Crippen molar-refractivity contribution in [2.24, 2.45) is 5.92 Å². The van der Waals surface area contributed by atoms with E-state index in [-0.39, 0.29) is 17.2 Å². The summed E-state index contributed by atoms with van der Waals surface area (Å²) in [7, 11) is -3.83. The largest absolute Gasteiger partial charge is 0.274 e. The van der Waals surface area contributed by atoms with Crippen molar-refractivity contribution in [2.75, 3.05) is 0 Å². The van der Waals surface area contributed by atoms with Gasteiger partial charge >= 0.3 is 0 Å². The van der Waals surface area contributed by atoms with Crippen molar-refractivity contribution in [3.05, 3.63) is 22.9 Å². The predicted octanol–water partition coefficient (Wildman–Crippen LogP) is 2.48. The summed E-state index contributed by atoms with van der Waals surface area (Å²) < 4.78 is 26.5. The van der Waals surface area contributed by atoms with E-state index < -0.39 is 15.9 Å². The number of nitrogens with one attached hydrogen (secondary N) is 1. The first-order valence-corrected chi connectivity index (χ1v) is 8.29. The molecule has 1 aromatic heterocycles. The molecule has 0 aliphatic rings. The van der Waals surface area contributed by atoms with Gasteiger partial charge in [0.2, 0.25) is 5.91 Å². The number of hydrogen-bond donors (Lipinski definition) is 1. The topological polar surface area (TPSA) is 76.1 Å². The third kappa shape index (κ3) is 5.28. The highest BCUT2D eigenvalue weighted by Gasteiger charge is 2.19. The van der Waals surface area contributed by atoms with Crippen LogP contribution in [0.4, 0.5) is 0 Å². The van der Waals surface area contributed by atoms with Crippen molar-refractivity contribution in [2.45, 2.75) is 38.0 Å². The zero-order chi connectivity index (χ0) is 14.5. The minimum Gasteiger partial charge on any atom is -0.274 e. The van der Waals surface area contributed by atoms with Crippen LogP contribution in [0.15, 0.2) is 27.8 Å². The van der Waals surface area contributed by atoms with Gasteiger partial charge in [-0.1, -0.05) is 26.7 Å². The normalized spacial score (nSPS) is 13.0. The molecular weight excluding hydrogens is 332 g/mol. The van der Waals surface area contributed by atoms with Gasteiger partial charge in [0, 0.05) is 23.3 Å². The molecule has 1 heterocycles. The van der Waals surface area contributed by atoms with E-state index in [1.54, 1.807) is 0 Å². The van der Waals surface area contributed by atoms with Gasteiger partial charge in [0.1, 0.15) is 4.90 Å². The second-order valence-corrected chi connectivity index (χ2v) is 7.06. The van der Waals surface area contributed by atoms with Crippen LogP contribution in [0, 0.1) is 5.92 Å². The number of aromatic nitrogens is 1. The number of amides is 1. The van der Waals surface area contributed by atoms with E-state index in [1.165, 1.54) is 18.5 Å². The van der Waals surface area contributed by atoms with Crippen LogP contribution < -0.4 is 4.72 Å². The Morgan fingerprint density at radius 3 is 2.74 bits per heavy atom. The molecule has 0 unspecified atom stereocenters. The summed E-state index contributed by atoms with van der Waals surface area (Å²) in [4.78, 5) is 15.4. The van der Waals surface area contributed by atoms with E-state index in [0.717, 1.165) is 12.8 Å². The number of hydrogen-bond acceptors (Lipinski definition) is 4. The maximum absolute atomic E-state index is 11.9. The average molecular weight is 349 g/mol. The molecule has 106 valence electrons. The number of carbonyl (C=O) groups excluding carboxylic acids is 1. The van der Waals surface area contributed by atoms with Crippen molar-refractivity contribution in [3.63, 3.8) is 0 Å². The summed E-state index contributed by atoms with van der Waals surface area (Å²) in [5.74, 6) is -0.318. The quantitative estimate of drug-likeness (QED) is 0.856. The van der Waals surface area contributed by atoms with E-state index in [4.69, 9.17) is 0 Å². The summed E-state index contributed by atoms with van der Waals surface area (Å²) in [6, 6.07) is 1.40. The Morgan fingerprint density at radius 2 is 2.16 bits per heavy atom. The molecule has 7 heteroatoms. The summed E-state index contributed by atoms with van der Waals surface area (Å²) in [6.07, 6.45) is 4.75. The molecular formula is C12H17BrN2O3S. The monoisotopic (exact) mass is 348 g/mol. The average Bonchev–Trinajstić information content (AvgIpc) is 2.28. The zero-order valence-electron chi connectivity index (χ0n) is 10.9. The van der Waals surface area contributed by atoms with Crippen molar-refractivity contribution in [3.8, 4) is 0 Å². The van der Waals surface area contributed by atoms with Crippen LogP contribution in [0.3, 0.4) is 0 Å². The summed E-state index contributed by atoms with van der Waals surface area (Å²) in [5, 5.41) is 0.